The quantitative estimate of drug-likeness (QED) is 0.148. The van der Waals surface area contributed by atoms with Crippen LogP contribution in [0.4, 0.5) is 0 Å². The zero-order valence-electron chi connectivity index (χ0n) is 23.2. The number of likely N-dealkylation sites (tertiary alicyclic amines) is 1. The molecule has 40 heavy (non-hydrogen) atoms. The summed E-state index contributed by atoms with van der Waals surface area (Å²) in [6.07, 6.45) is 0.114. The molecule has 12 heteroatoms. The standard InChI is InChI=1S/C28H33N3O7SSi/c1-7-37-18-14-17-10-8-9-11-19(17)20(15-18)25(34)29-23-26(35)30(24(16(2)3)28(36)38-40(4,5)6)27(23)39-31-21(32)12-13-22(31)33/h8-11,14-15,23-24,27H,2,7,12-13H2,1,3-6H3,(H,29,34). The van der Waals surface area contributed by atoms with E-state index < -0.39 is 55.4 Å². The highest BCUT2D eigenvalue weighted by molar-refractivity contribution is 7.98. The molecule has 4 rings (SSSR count). The molecule has 2 heterocycles. The fraction of sp³-hybridized carbons (Fsp3) is 0.393. The highest BCUT2D eigenvalue weighted by Crippen LogP contribution is 2.39. The lowest BCUT2D eigenvalue weighted by Gasteiger charge is -2.50. The molecule has 0 spiro atoms. The number of fused-ring (bicyclic) bond motifs is 1. The molecule has 10 nitrogen and oxygen atoms in total. The van der Waals surface area contributed by atoms with Crippen molar-refractivity contribution in [3.8, 4) is 5.75 Å². The van der Waals surface area contributed by atoms with Gasteiger partial charge in [0, 0.05) is 12.8 Å². The van der Waals surface area contributed by atoms with E-state index in [1.54, 1.807) is 25.1 Å². The van der Waals surface area contributed by atoms with Crippen molar-refractivity contribution in [2.24, 2.45) is 0 Å². The van der Waals surface area contributed by atoms with Gasteiger partial charge in [-0.15, -0.1) is 0 Å². The van der Waals surface area contributed by atoms with Gasteiger partial charge in [0.15, 0.2) is 6.04 Å². The van der Waals surface area contributed by atoms with E-state index in [0.29, 0.717) is 28.9 Å². The van der Waals surface area contributed by atoms with Crippen LogP contribution < -0.4 is 10.1 Å². The Kier molecular flexibility index (Phi) is 8.40. The SMILES string of the molecule is C=C(C)C(C(=O)O[Si](C)(C)C)N1C(=O)C(NC(=O)c2cc(OCC)cc3ccccc23)C1SN1C(=O)CCC1=O. The summed E-state index contributed by atoms with van der Waals surface area (Å²) in [7, 11) is -2.33. The Labute approximate surface area is 238 Å². The van der Waals surface area contributed by atoms with E-state index in [9.17, 15) is 24.0 Å². The maximum absolute atomic E-state index is 13.6. The van der Waals surface area contributed by atoms with E-state index in [-0.39, 0.29) is 12.8 Å². The first kappa shape index (κ1) is 29.3. The van der Waals surface area contributed by atoms with Crippen molar-refractivity contribution < 1.29 is 33.1 Å². The second kappa shape index (κ2) is 11.5. The van der Waals surface area contributed by atoms with Crippen LogP contribution in [0, 0.1) is 0 Å². The zero-order valence-corrected chi connectivity index (χ0v) is 25.0. The molecular formula is C28H33N3O7SSi. The number of hydrogen-bond donors (Lipinski definition) is 1. The molecule has 0 radical (unpaired) electrons. The fourth-order valence-corrected chi connectivity index (χ4v) is 6.62. The van der Waals surface area contributed by atoms with Crippen LogP contribution in [-0.2, 0) is 23.6 Å². The van der Waals surface area contributed by atoms with E-state index in [2.05, 4.69) is 11.9 Å². The van der Waals surface area contributed by atoms with Gasteiger partial charge in [0.2, 0.25) is 26.0 Å². The lowest BCUT2D eigenvalue weighted by atomic mass is 9.98. The number of carbonyl (C=O) groups is 5. The van der Waals surface area contributed by atoms with Crippen molar-refractivity contribution in [2.45, 2.75) is 63.8 Å². The molecule has 4 amide bonds. The maximum atomic E-state index is 13.6. The summed E-state index contributed by atoms with van der Waals surface area (Å²) >= 11 is 0.826. The predicted molar refractivity (Wildman–Crippen MR) is 154 cm³/mol. The Morgan fingerprint density at radius 2 is 1.77 bits per heavy atom. The van der Waals surface area contributed by atoms with Crippen molar-refractivity contribution in [3.05, 3.63) is 54.1 Å². The van der Waals surface area contributed by atoms with Gasteiger partial charge in [-0.3, -0.25) is 24.0 Å². The van der Waals surface area contributed by atoms with Crippen LogP contribution >= 0.6 is 11.9 Å². The number of carbonyl (C=O) groups excluding carboxylic acids is 5. The Bertz CT molecular complexity index is 1390. The van der Waals surface area contributed by atoms with Gasteiger partial charge in [0.25, 0.3) is 5.91 Å². The molecule has 2 aliphatic rings. The maximum Gasteiger partial charge on any atom is 0.319 e. The van der Waals surface area contributed by atoms with Crippen LogP contribution in [0.1, 0.15) is 37.0 Å². The largest absolute Gasteiger partial charge is 0.518 e. The van der Waals surface area contributed by atoms with Gasteiger partial charge in [-0.1, -0.05) is 30.8 Å². The predicted octanol–water partition coefficient (Wildman–Crippen LogP) is 3.63. The molecule has 3 unspecified atom stereocenters. The number of ether oxygens (including phenoxy) is 1. The molecule has 2 fully saturated rings. The molecule has 2 saturated heterocycles. The number of nitrogens with zero attached hydrogens (tertiary/aromatic N) is 2. The molecule has 0 saturated carbocycles. The van der Waals surface area contributed by atoms with Crippen molar-refractivity contribution in [2.75, 3.05) is 6.61 Å². The topological polar surface area (TPSA) is 122 Å². The molecule has 2 aromatic rings. The second-order valence-corrected chi connectivity index (χ2v) is 16.2. The van der Waals surface area contributed by atoms with Crippen molar-refractivity contribution in [3.63, 3.8) is 0 Å². The normalized spacial score (nSPS) is 19.9. The molecule has 3 atom stereocenters. The van der Waals surface area contributed by atoms with Crippen molar-refractivity contribution in [1.29, 1.82) is 0 Å². The van der Waals surface area contributed by atoms with Crippen LogP contribution in [0.25, 0.3) is 10.8 Å². The molecular weight excluding hydrogens is 550 g/mol. The number of rotatable bonds is 10. The van der Waals surface area contributed by atoms with Gasteiger partial charge in [0.05, 0.1) is 12.2 Å². The molecule has 0 aromatic heterocycles. The van der Waals surface area contributed by atoms with E-state index in [4.69, 9.17) is 9.16 Å². The number of nitrogens with one attached hydrogen (secondary N) is 1. The summed E-state index contributed by atoms with van der Waals surface area (Å²) in [6, 6.07) is 8.49. The van der Waals surface area contributed by atoms with Crippen molar-refractivity contribution in [1.82, 2.24) is 14.5 Å². The number of benzene rings is 2. The van der Waals surface area contributed by atoms with Gasteiger partial charge in [-0.2, -0.15) is 0 Å². The van der Waals surface area contributed by atoms with Crippen LogP contribution in [-0.4, -0.2) is 71.2 Å². The Hall–Kier alpha value is -3.64. The first-order valence-corrected chi connectivity index (χ1v) is 17.3. The molecule has 2 aromatic carbocycles. The zero-order chi connectivity index (χ0) is 29.4. The number of imide groups is 1. The summed E-state index contributed by atoms with van der Waals surface area (Å²) in [5.74, 6) is -2.00. The van der Waals surface area contributed by atoms with Gasteiger partial charge >= 0.3 is 5.97 Å². The van der Waals surface area contributed by atoms with E-state index in [1.165, 1.54) is 4.90 Å². The number of amides is 4. The van der Waals surface area contributed by atoms with Crippen molar-refractivity contribution >= 4 is 60.6 Å². The fourth-order valence-electron chi connectivity index (χ4n) is 4.64. The minimum absolute atomic E-state index is 0.0569. The summed E-state index contributed by atoms with van der Waals surface area (Å²) in [5, 5.41) is 3.30. The van der Waals surface area contributed by atoms with Crippen LogP contribution in [0.15, 0.2) is 48.6 Å². The molecule has 2 aliphatic heterocycles. The first-order valence-electron chi connectivity index (χ1n) is 13.0. The lowest BCUT2D eigenvalue weighted by Crippen LogP contribution is -2.73. The Morgan fingerprint density at radius 3 is 2.38 bits per heavy atom. The van der Waals surface area contributed by atoms with Crippen LogP contribution in [0.3, 0.4) is 0 Å². The summed E-state index contributed by atoms with van der Waals surface area (Å²) in [5.41, 5.74) is 0.668. The van der Waals surface area contributed by atoms with Crippen LogP contribution in [0.2, 0.25) is 19.6 Å². The Balaban J connectivity index is 1.68. The molecule has 0 bridgehead atoms. The summed E-state index contributed by atoms with van der Waals surface area (Å²) in [6.45, 7) is 13.3. The van der Waals surface area contributed by atoms with Gasteiger partial charge < -0.3 is 19.4 Å². The third kappa shape index (κ3) is 5.92. The molecule has 212 valence electrons. The average Bonchev–Trinajstić information content (AvgIpc) is 3.19. The minimum atomic E-state index is -2.33. The lowest BCUT2D eigenvalue weighted by molar-refractivity contribution is -0.157. The van der Waals surface area contributed by atoms with E-state index in [0.717, 1.165) is 21.6 Å². The Morgan fingerprint density at radius 1 is 1.12 bits per heavy atom. The van der Waals surface area contributed by atoms with E-state index >= 15 is 0 Å². The highest BCUT2D eigenvalue weighted by atomic mass is 32.2. The monoisotopic (exact) mass is 583 g/mol. The summed E-state index contributed by atoms with van der Waals surface area (Å²) in [4.78, 5) is 66.5. The van der Waals surface area contributed by atoms with Gasteiger partial charge in [-0.25, -0.2) is 4.31 Å². The average molecular weight is 584 g/mol. The minimum Gasteiger partial charge on any atom is -0.518 e. The van der Waals surface area contributed by atoms with E-state index in [1.807, 2.05) is 44.8 Å². The van der Waals surface area contributed by atoms with Crippen LogP contribution in [0.5, 0.6) is 5.75 Å². The summed E-state index contributed by atoms with van der Waals surface area (Å²) < 4.78 is 12.3. The number of β-lactam (4-membered cyclic amide) rings is 1. The first-order chi connectivity index (χ1) is 18.8. The smallest absolute Gasteiger partial charge is 0.319 e. The molecule has 0 aliphatic carbocycles. The molecule has 1 N–H and O–H groups in total. The third-order valence-electron chi connectivity index (χ3n) is 6.35. The second-order valence-electron chi connectivity index (χ2n) is 10.7. The van der Waals surface area contributed by atoms with Gasteiger partial charge in [0.1, 0.15) is 17.2 Å². The number of hydrogen-bond acceptors (Lipinski definition) is 8. The third-order valence-corrected chi connectivity index (χ3v) is 8.50. The highest BCUT2D eigenvalue weighted by Gasteiger charge is 2.56. The van der Waals surface area contributed by atoms with Gasteiger partial charge in [-0.05, 0) is 73.9 Å².